The second-order valence-electron chi connectivity index (χ2n) is 7.61. The Kier molecular flexibility index (Phi) is 6.31. The summed E-state index contributed by atoms with van der Waals surface area (Å²) in [6.07, 6.45) is 1.57. The third-order valence-corrected chi connectivity index (χ3v) is 8.24. The predicted octanol–water partition coefficient (Wildman–Crippen LogP) is 3.94. The van der Waals surface area contributed by atoms with Crippen molar-refractivity contribution in [2.45, 2.75) is 18.7 Å². The molecule has 0 N–H and O–H groups in total. The molecule has 168 valence electrons. The number of carbonyl (C=O) groups excluding carboxylic acids is 1. The van der Waals surface area contributed by atoms with Gasteiger partial charge in [-0.05, 0) is 43.7 Å². The average molecular weight is 493 g/mol. The molecule has 0 atom stereocenters. The molecule has 0 radical (unpaired) electrons. The summed E-state index contributed by atoms with van der Waals surface area (Å²) < 4.78 is 29.1. The van der Waals surface area contributed by atoms with Gasteiger partial charge < -0.3 is 4.90 Å². The molecule has 0 saturated carbocycles. The summed E-state index contributed by atoms with van der Waals surface area (Å²) in [5.74, 6) is -0.167. The number of hydrogen-bond acceptors (Lipinski definition) is 4. The number of amides is 1. The summed E-state index contributed by atoms with van der Waals surface area (Å²) in [6, 6.07) is 12.2. The molecule has 2 aromatic carbocycles. The molecule has 3 aromatic rings. The average Bonchev–Trinajstić information content (AvgIpc) is 3.16. The Hall–Kier alpha value is -2.39. The summed E-state index contributed by atoms with van der Waals surface area (Å²) in [6.45, 7) is 4.72. The van der Waals surface area contributed by atoms with Gasteiger partial charge in [-0.15, -0.1) is 0 Å². The Balaban J connectivity index is 1.50. The van der Waals surface area contributed by atoms with Crippen LogP contribution in [0.5, 0.6) is 0 Å². The number of hydrogen-bond donors (Lipinski definition) is 0. The Morgan fingerprint density at radius 3 is 2.38 bits per heavy atom. The van der Waals surface area contributed by atoms with Crippen molar-refractivity contribution in [3.05, 3.63) is 75.5 Å². The van der Waals surface area contributed by atoms with Crippen molar-refractivity contribution in [1.29, 1.82) is 0 Å². The normalized spacial score (nSPS) is 15.2. The molecule has 1 saturated heterocycles. The summed E-state index contributed by atoms with van der Waals surface area (Å²) >= 11 is 12.1. The van der Waals surface area contributed by atoms with Crippen LogP contribution in [-0.4, -0.2) is 59.5 Å². The van der Waals surface area contributed by atoms with Gasteiger partial charge in [0, 0.05) is 31.2 Å². The fourth-order valence-electron chi connectivity index (χ4n) is 3.78. The summed E-state index contributed by atoms with van der Waals surface area (Å²) in [5, 5.41) is 4.82. The fraction of sp³-hybridized carbons (Fsp3) is 0.273. The Bertz CT molecular complexity index is 1280. The van der Waals surface area contributed by atoms with Gasteiger partial charge in [-0.2, -0.15) is 9.40 Å². The first kappa shape index (κ1) is 22.8. The molecule has 10 heteroatoms. The van der Waals surface area contributed by atoms with E-state index in [1.54, 1.807) is 21.8 Å². The van der Waals surface area contributed by atoms with E-state index in [-0.39, 0.29) is 42.0 Å². The van der Waals surface area contributed by atoms with E-state index in [1.807, 2.05) is 38.1 Å². The predicted molar refractivity (Wildman–Crippen MR) is 124 cm³/mol. The maximum Gasteiger partial charge on any atom is 0.257 e. The Morgan fingerprint density at radius 2 is 1.69 bits per heavy atom. The zero-order chi connectivity index (χ0) is 23.0. The van der Waals surface area contributed by atoms with Gasteiger partial charge >= 0.3 is 0 Å². The quantitative estimate of drug-likeness (QED) is 0.552. The van der Waals surface area contributed by atoms with Crippen molar-refractivity contribution in [3.63, 3.8) is 0 Å². The number of piperazine rings is 1. The minimum Gasteiger partial charge on any atom is -0.336 e. The monoisotopic (exact) mass is 492 g/mol. The lowest BCUT2D eigenvalue weighted by molar-refractivity contribution is 0.0697. The van der Waals surface area contributed by atoms with Crippen molar-refractivity contribution in [1.82, 2.24) is 19.0 Å². The lowest BCUT2D eigenvalue weighted by Crippen LogP contribution is -2.50. The third kappa shape index (κ3) is 4.15. The molecular formula is C22H22Cl2N4O3S. The van der Waals surface area contributed by atoms with Crippen molar-refractivity contribution < 1.29 is 13.2 Å². The van der Waals surface area contributed by atoms with Crippen molar-refractivity contribution in [2.24, 2.45) is 0 Å². The molecule has 0 unspecified atom stereocenters. The minimum atomic E-state index is -3.81. The van der Waals surface area contributed by atoms with Gasteiger partial charge in [0.25, 0.3) is 5.91 Å². The summed E-state index contributed by atoms with van der Waals surface area (Å²) in [5.41, 5.74) is 3.21. The lowest BCUT2D eigenvalue weighted by Gasteiger charge is -2.34. The molecule has 32 heavy (non-hydrogen) atoms. The SMILES string of the molecule is Cc1ccccc1-n1ncc(C(=O)N2CCN(S(=O)(=O)c3cc(Cl)ccc3Cl)CC2)c1C. The van der Waals surface area contributed by atoms with Crippen LogP contribution in [0.4, 0.5) is 0 Å². The van der Waals surface area contributed by atoms with Crippen LogP contribution in [0.3, 0.4) is 0 Å². The van der Waals surface area contributed by atoms with E-state index in [1.165, 1.54) is 16.4 Å². The van der Waals surface area contributed by atoms with Crippen LogP contribution in [0.1, 0.15) is 21.6 Å². The number of sulfonamides is 1. The van der Waals surface area contributed by atoms with Crippen LogP contribution in [0, 0.1) is 13.8 Å². The number of aromatic nitrogens is 2. The van der Waals surface area contributed by atoms with Crippen LogP contribution >= 0.6 is 23.2 Å². The van der Waals surface area contributed by atoms with Gasteiger partial charge in [-0.1, -0.05) is 41.4 Å². The Morgan fingerprint density at radius 1 is 1.00 bits per heavy atom. The van der Waals surface area contributed by atoms with E-state index in [0.717, 1.165) is 16.9 Å². The molecule has 1 aliphatic rings. The maximum absolute atomic E-state index is 13.1. The summed E-state index contributed by atoms with van der Waals surface area (Å²) in [7, 11) is -3.81. The minimum absolute atomic E-state index is 0.0261. The molecule has 4 rings (SSSR count). The van der Waals surface area contributed by atoms with Gasteiger partial charge in [0.05, 0.1) is 28.2 Å². The van der Waals surface area contributed by atoms with E-state index in [4.69, 9.17) is 23.2 Å². The topological polar surface area (TPSA) is 75.5 Å². The second-order valence-corrected chi connectivity index (χ2v) is 10.4. The lowest BCUT2D eigenvalue weighted by atomic mass is 10.2. The number of nitrogens with zero attached hydrogens (tertiary/aromatic N) is 4. The van der Waals surface area contributed by atoms with Gasteiger partial charge in [0.15, 0.2) is 0 Å². The first-order chi connectivity index (χ1) is 15.2. The molecule has 1 aliphatic heterocycles. The number of benzene rings is 2. The van der Waals surface area contributed by atoms with E-state index >= 15 is 0 Å². The van der Waals surface area contributed by atoms with Crippen molar-refractivity contribution >= 4 is 39.1 Å². The molecule has 0 bridgehead atoms. The number of halogens is 2. The molecule has 1 amide bonds. The molecular weight excluding hydrogens is 471 g/mol. The van der Waals surface area contributed by atoms with Crippen LogP contribution in [0.2, 0.25) is 10.0 Å². The highest BCUT2D eigenvalue weighted by Gasteiger charge is 2.32. The van der Waals surface area contributed by atoms with Crippen molar-refractivity contribution in [2.75, 3.05) is 26.2 Å². The Labute approximate surface area is 197 Å². The third-order valence-electron chi connectivity index (χ3n) is 5.62. The highest BCUT2D eigenvalue weighted by molar-refractivity contribution is 7.89. The first-order valence-electron chi connectivity index (χ1n) is 10.1. The van der Waals surface area contributed by atoms with E-state index in [9.17, 15) is 13.2 Å². The van der Waals surface area contributed by atoms with Gasteiger partial charge in [-0.25, -0.2) is 13.1 Å². The molecule has 2 heterocycles. The highest BCUT2D eigenvalue weighted by Crippen LogP contribution is 2.28. The van der Waals surface area contributed by atoms with Crippen molar-refractivity contribution in [3.8, 4) is 5.69 Å². The summed E-state index contributed by atoms with van der Waals surface area (Å²) in [4.78, 5) is 14.8. The number of para-hydroxylation sites is 1. The maximum atomic E-state index is 13.1. The molecule has 0 spiro atoms. The number of carbonyl (C=O) groups is 1. The fourth-order valence-corrected chi connectivity index (χ4v) is 5.94. The van der Waals surface area contributed by atoms with E-state index < -0.39 is 10.0 Å². The standard InChI is InChI=1S/C22H22Cl2N4O3S/c1-15-5-3-4-6-20(15)28-16(2)18(14-25-28)22(29)26-9-11-27(12-10-26)32(30,31)21-13-17(23)7-8-19(21)24/h3-8,13-14H,9-12H2,1-2H3. The van der Waals surface area contributed by atoms with Crippen LogP contribution in [-0.2, 0) is 10.0 Å². The van der Waals surface area contributed by atoms with E-state index in [2.05, 4.69) is 5.10 Å². The highest BCUT2D eigenvalue weighted by atomic mass is 35.5. The first-order valence-corrected chi connectivity index (χ1v) is 12.2. The van der Waals surface area contributed by atoms with E-state index in [0.29, 0.717) is 10.6 Å². The number of rotatable bonds is 4. The van der Waals surface area contributed by atoms with Gasteiger partial charge in [0.1, 0.15) is 4.90 Å². The van der Waals surface area contributed by atoms with Crippen LogP contribution in [0.15, 0.2) is 53.6 Å². The van der Waals surface area contributed by atoms with Gasteiger partial charge in [0.2, 0.25) is 10.0 Å². The molecule has 1 fully saturated rings. The zero-order valence-electron chi connectivity index (χ0n) is 17.6. The molecule has 0 aliphatic carbocycles. The van der Waals surface area contributed by atoms with Gasteiger partial charge in [-0.3, -0.25) is 4.79 Å². The second kappa shape index (κ2) is 8.86. The number of aryl methyl sites for hydroxylation is 1. The molecule has 1 aromatic heterocycles. The smallest absolute Gasteiger partial charge is 0.257 e. The molecule has 7 nitrogen and oxygen atoms in total. The van der Waals surface area contributed by atoms with Crippen LogP contribution < -0.4 is 0 Å². The zero-order valence-corrected chi connectivity index (χ0v) is 20.0. The largest absolute Gasteiger partial charge is 0.336 e. The van der Waals surface area contributed by atoms with Crippen LogP contribution in [0.25, 0.3) is 5.69 Å².